The number of nitrogens with one attached hydrogen (secondary N) is 2. The number of piperidine rings is 1. The first-order valence-electron chi connectivity index (χ1n) is 8.19. The van der Waals surface area contributed by atoms with Crippen LogP contribution in [0.4, 0.5) is 5.69 Å². The van der Waals surface area contributed by atoms with Crippen LogP contribution in [0.25, 0.3) is 0 Å². The van der Waals surface area contributed by atoms with Crippen LogP contribution >= 0.6 is 0 Å². The molecule has 1 atom stereocenters. The van der Waals surface area contributed by atoms with Crippen molar-refractivity contribution < 1.29 is 4.79 Å². The van der Waals surface area contributed by atoms with Gasteiger partial charge in [0.1, 0.15) is 12.7 Å². The van der Waals surface area contributed by atoms with E-state index in [1.54, 1.807) is 11.0 Å². The van der Waals surface area contributed by atoms with Crippen LogP contribution < -0.4 is 10.6 Å². The zero-order valence-electron chi connectivity index (χ0n) is 13.0. The first-order chi connectivity index (χ1) is 11.3. The fourth-order valence-electron chi connectivity index (χ4n) is 3.68. The van der Waals surface area contributed by atoms with E-state index in [-0.39, 0.29) is 17.2 Å². The molecule has 2 fully saturated rings. The highest BCUT2D eigenvalue weighted by atomic mass is 16.2. The Kier molecular flexibility index (Phi) is 3.61. The Morgan fingerprint density at radius 3 is 2.96 bits per heavy atom. The van der Waals surface area contributed by atoms with E-state index in [1.807, 2.05) is 24.3 Å². The van der Waals surface area contributed by atoms with Crippen LogP contribution in [-0.4, -0.2) is 33.8 Å². The van der Waals surface area contributed by atoms with Crippen molar-refractivity contribution in [3.63, 3.8) is 0 Å². The Labute approximate surface area is 135 Å². The third-order valence-corrected chi connectivity index (χ3v) is 5.18. The molecule has 0 bridgehead atoms. The van der Waals surface area contributed by atoms with Crippen molar-refractivity contribution in [2.75, 3.05) is 18.4 Å². The Balaban J connectivity index is 1.46. The van der Waals surface area contributed by atoms with Gasteiger partial charge in [-0.2, -0.15) is 5.10 Å². The van der Waals surface area contributed by atoms with E-state index in [0.29, 0.717) is 6.54 Å². The van der Waals surface area contributed by atoms with Crippen molar-refractivity contribution in [2.45, 2.75) is 25.8 Å². The summed E-state index contributed by atoms with van der Waals surface area (Å²) in [5, 5.41) is 10.6. The lowest BCUT2D eigenvalue weighted by atomic mass is 9.91. The molecule has 1 aliphatic carbocycles. The third-order valence-electron chi connectivity index (χ3n) is 5.18. The summed E-state index contributed by atoms with van der Waals surface area (Å²) in [7, 11) is 0. The van der Waals surface area contributed by atoms with Gasteiger partial charge in [0.15, 0.2) is 0 Å². The van der Waals surface area contributed by atoms with Crippen molar-refractivity contribution in [3.8, 4) is 0 Å². The van der Waals surface area contributed by atoms with Crippen LogP contribution in [0.3, 0.4) is 0 Å². The van der Waals surface area contributed by atoms with Crippen molar-refractivity contribution in [2.24, 2.45) is 11.3 Å². The molecular formula is C17H21N5O. The zero-order valence-corrected chi connectivity index (χ0v) is 13.0. The molecule has 1 spiro atoms. The number of hydrogen-bond acceptors (Lipinski definition) is 4. The fraction of sp³-hybridized carbons (Fsp3) is 0.471. The van der Waals surface area contributed by atoms with E-state index >= 15 is 0 Å². The van der Waals surface area contributed by atoms with Crippen molar-refractivity contribution in [1.29, 1.82) is 0 Å². The predicted molar refractivity (Wildman–Crippen MR) is 86.8 cm³/mol. The number of benzene rings is 1. The number of carbonyl (C=O) groups is 1. The molecule has 1 saturated heterocycles. The first-order valence-corrected chi connectivity index (χ1v) is 8.19. The second kappa shape index (κ2) is 5.77. The molecule has 4 rings (SSSR count). The summed E-state index contributed by atoms with van der Waals surface area (Å²) >= 11 is 0. The SMILES string of the molecule is O=C(Nc1ccccc1Cn1cncn1)C1CC12CCNCC2. The van der Waals surface area contributed by atoms with Gasteiger partial charge in [0.2, 0.25) is 5.91 Å². The highest BCUT2D eigenvalue weighted by molar-refractivity contribution is 5.95. The zero-order chi connectivity index (χ0) is 15.7. The van der Waals surface area contributed by atoms with E-state index in [2.05, 4.69) is 20.7 Å². The van der Waals surface area contributed by atoms with Gasteiger partial charge in [0, 0.05) is 11.6 Å². The van der Waals surface area contributed by atoms with E-state index < -0.39 is 0 Å². The summed E-state index contributed by atoms with van der Waals surface area (Å²) in [6.07, 6.45) is 6.47. The number of carbonyl (C=O) groups excluding carboxylic acids is 1. The van der Waals surface area contributed by atoms with Crippen LogP contribution in [0.15, 0.2) is 36.9 Å². The number of para-hydroxylation sites is 1. The number of nitrogens with zero attached hydrogens (tertiary/aromatic N) is 3. The van der Waals surface area contributed by atoms with Gasteiger partial charge in [-0.15, -0.1) is 0 Å². The second-order valence-electron chi connectivity index (χ2n) is 6.61. The highest BCUT2D eigenvalue weighted by Gasteiger charge is 2.57. The maximum Gasteiger partial charge on any atom is 0.228 e. The standard InChI is InChI=1S/C17H21N5O/c23-16(14-9-17(14)5-7-18-8-6-17)21-15-4-2-1-3-13(15)10-22-12-19-11-20-22/h1-4,11-12,14,18H,5-10H2,(H,21,23). The molecule has 1 unspecified atom stereocenters. The minimum Gasteiger partial charge on any atom is -0.326 e. The van der Waals surface area contributed by atoms with Gasteiger partial charge < -0.3 is 10.6 Å². The van der Waals surface area contributed by atoms with Crippen LogP contribution in [0.1, 0.15) is 24.8 Å². The Morgan fingerprint density at radius 1 is 1.35 bits per heavy atom. The van der Waals surface area contributed by atoms with Crippen molar-refractivity contribution in [1.82, 2.24) is 20.1 Å². The topological polar surface area (TPSA) is 71.8 Å². The average Bonchev–Trinajstić information content (AvgIpc) is 3.02. The lowest BCUT2D eigenvalue weighted by Crippen LogP contribution is -2.31. The lowest BCUT2D eigenvalue weighted by molar-refractivity contribution is -0.118. The highest BCUT2D eigenvalue weighted by Crippen LogP contribution is 2.58. The van der Waals surface area contributed by atoms with Crippen LogP contribution in [-0.2, 0) is 11.3 Å². The van der Waals surface area contributed by atoms with Crippen LogP contribution in [0, 0.1) is 11.3 Å². The summed E-state index contributed by atoms with van der Waals surface area (Å²) < 4.78 is 1.76. The minimum absolute atomic E-state index is 0.165. The van der Waals surface area contributed by atoms with Gasteiger partial charge in [-0.1, -0.05) is 18.2 Å². The molecule has 2 N–H and O–H groups in total. The van der Waals surface area contributed by atoms with Gasteiger partial charge in [0.25, 0.3) is 0 Å². The van der Waals surface area contributed by atoms with Gasteiger partial charge in [-0.25, -0.2) is 9.67 Å². The number of rotatable bonds is 4. The molecule has 1 aromatic carbocycles. The van der Waals surface area contributed by atoms with Gasteiger partial charge in [-0.3, -0.25) is 4.79 Å². The molecule has 120 valence electrons. The second-order valence-corrected chi connectivity index (χ2v) is 6.61. The van der Waals surface area contributed by atoms with E-state index in [9.17, 15) is 4.79 Å². The fourth-order valence-corrected chi connectivity index (χ4v) is 3.68. The summed E-state index contributed by atoms with van der Waals surface area (Å²) in [5.41, 5.74) is 2.19. The molecule has 2 aliphatic rings. The number of hydrogen-bond donors (Lipinski definition) is 2. The average molecular weight is 311 g/mol. The van der Waals surface area contributed by atoms with E-state index in [1.165, 1.54) is 6.33 Å². The van der Waals surface area contributed by atoms with E-state index in [4.69, 9.17) is 0 Å². The van der Waals surface area contributed by atoms with Gasteiger partial charge in [-0.05, 0) is 49.4 Å². The molecule has 2 aromatic rings. The number of anilines is 1. The van der Waals surface area contributed by atoms with Crippen molar-refractivity contribution >= 4 is 11.6 Å². The molecule has 23 heavy (non-hydrogen) atoms. The molecule has 6 heteroatoms. The first kappa shape index (κ1) is 14.4. The molecule has 6 nitrogen and oxygen atoms in total. The smallest absolute Gasteiger partial charge is 0.228 e. The number of amides is 1. The molecule has 1 aliphatic heterocycles. The molecule has 1 aromatic heterocycles. The largest absolute Gasteiger partial charge is 0.326 e. The monoisotopic (exact) mass is 311 g/mol. The summed E-state index contributed by atoms with van der Waals surface area (Å²) in [5.74, 6) is 0.335. The maximum absolute atomic E-state index is 12.6. The van der Waals surface area contributed by atoms with Gasteiger partial charge in [0.05, 0.1) is 6.54 Å². The molecular weight excluding hydrogens is 290 g/mol. The molecule has 1 amide bonds. The van der Waals surface area contributed by atoms with Gasteiger partial charge >= 0.3 is 0 Å². The minimum atomic E-state index is 0.165. The normalized spacial score (nSPS) is 22.0. The molecule has 2 heterocycles. The van der Waals surface area contributed by atoms with Crippen molar-refractivity contribution in [3.05, 3.63) is 42.5 Å². The quantitative estimate of drug-likeness (QED) is 0.901. The Bertz CT molecular complexity index is 691. The predicted octanol–water partition coefficient (Wildman–Crippen LogP) is 1.65. The summed E-state index contributed by atoms with van der Waals surface area (Å²) in [6, 6.07) is 7.91. The maximum atomic E-state index is 12.6. The van der Waals surface area contributed by atoms with Crippen LogP contribution in [0.5, 0.6) is 0 Å². The Hall–Kier alpha value is -2.21. The van der Waals surface area contributed by atoms with E-state index in [0.717, 1.165) is 43.6 Å². The molecule has 1 saturated carbocycles. The summed E-state index contributed by atoms with van der Waals surface area (Å²) in [6.45, 7) is 2.68. The number of aromatic nitrogens is 3. The molecule has 0 radical (unpaired) electrons. The summed E-state index contributed by atoms with van der Waals surface area (Å²) in [4.78, 5) is 16.6. The lowest BCUT2D eigenvalue weighted by Gasteiger charge is -2.23. The van der Waals surface area contributed by atoms with Crippen LogP contribution in [0.2, 0.25) is 0 Å². The third kappa shape index (κ3) is 2.86. The Morgan fingerprint density at radius 2 is 2.17 bits per heavy atom.